The Morgan fingerprint density at radius 3 is 2.62 bits per heavy atom. The van der Waals surface area contributed by atoms with Gasteiger partial charge in [0.05, 0.1) is 0 Å². The Balaban J connectivity index is 1.67. The minimum absolute atomic E-state index is 0.596. The van der Waals surface area contributed by atoms with E-state index in [-0.39, 0.29) is 0 Å². The van der Waals surface area contributed by atoms with Gasteiger partial charge in [-0.05, 0) is 43.1 Å². The number of nitrogens with one attached hydrogen (secondary N) is 1. The summed E-state index contributed by atoms with van der Waals surface area (Å²) < 4.78 is 2.11. The molecule has 3 atom stereocenters. The normalized spacial score (nSPS) is 29.4. The van der Waals surface area contributed by atoms with Crippen LogP contribution in [0, 0.1) is 23.7 Å². The van der Waals surface area contributed by atoms with Gasteiger partial charge in [0.15, 0.2) is 0 Å². The van der Waals surface area contributed by atoms with Crippen LogP contribution in [-0.2, 0) is 13.0 Å². The Bertz CT molecular complexity index is 441. The van der Waals surface area contributed by atoms with Gasteiger partial charge in [0, 0.05) is 19.0 Å². The van der Waals surface area contributed by atoms with E-state index in [9.17, 15) is 0 Å². The van der Waals surface area contributed by atoms with Crippen molar-refractivity contribution < 1.29 is 0 Å². The van der Waals surface area contributed by atoms with Crippen LogP contribution in [0.25, 0.3) is 0 Å². The highest BCUT2D eigenvalue weighted by Crippen LogP contribution is 2.57. The predicted octanol–water partition coefficient (Wildman–Crippen LogP) is 2.89. The minimum atomic E-state index is 0.596. The summed E-state index contributed by atoms with van der Waals surface area (Å²) >= 11 is 0. The number of hydrogen-bond acceptors (Lipinski definition) is 3. The van der Waals surface area contributed by atoms with E-state index in [1.165, 1.54) is 31.5 Å². The Kier molecular flexibility index (Phi) is 4.63. The van der Waals surface area contributed by atoms with Crippen molar-refractivity contribution in [2.45, 2.75) is 65.5 Å². The molecule has 2 aliphatic carbocycles. The zero-order valence-electron chi connectivity index (χ0n) is 13.8. The summed E-state index contributed by atoms with van der Waals surface area (Å²) in [6.45, 7) is 8.73. The highest BCUT2D eigenvalue weighted by atomic mass is 15.3. The van der Waals surface area contributed by atoms with E-state index < -0.39 is 0 Å². The van der Waals surface area contributed by atoms with Crippen LogP contribution >= 0.6 is 0 Å². The first kappa shape index (κ1) is 15.0. The molecule has 2 saturated carbocycles. The molecule has 2 aliphatic rings. The third-order valence-electron chi connectivity index (χ3n) is 5.29. The molecule has 0 spiro atoms. The quantitative estimate of drug-likeness (QED) is 0.839. The number of nitrogens with zero attached hydrogens (tertiary/aromatic N) is 3. The maximum Gasteiger partial charge on any atom is 0.138 e. The molecule has 0 radical (unpaired) electrons. The summed E-state index contributed by atoms with van der Waals surface area (Å²) in [5.41, 5.74) is 0. The highest BCUT2D eigenvalue weighted by molar-refractivity contribution is 5.07. The maximum atomic E-state index is 4.53. The first-order valence-electron chi connectivity index (χ1n) is 8.80. The third kappa shape index (κ3) is 3.31. The van der Waals surface area contributed by atoms with Crippen molar-refractivity contribution in [2.24, 2.45) is 23.7 Å². The lowest BCUT2D eigenvalue weighted by Gasteiger charge is -2.19. The van der Waals surface area contributed by atoms with Crippen LogP contribution in [0.2, 0.25) is 0 Å². The van der Waals surface area contributed by atoms with Gasteiger partial charge in [0.1, 0.15) is 12.2 Å². The van der Waals surface area contributed by atoms with E-state index in [0.29, 0.717) is 12.0 Å². The van der Waals surface area contributed by atoms with Crippen molar-refractivity contribution in [3.05, 3.63) is 12.2 Å². The summed E-state index contributed by atoms with van der Waals surface area (Å²) in [5, 5.41) is 8.16. The van der Waals surface area contributed by atoms with Crippen LogP contribution in [0.15, 0.2) is 6.33 Å². The number of hydrogen-bond donors (Lipinski definition) is 1. The van der Waals surface area contributed by atoms with E-state index in [2.05, 4.69) is 40.9 Å². The zero-order chi connectivity index (χ0) is 14.8. The number of fused-ring (bicyclic) bond motifs is 1. The standard InChI is InChI=1S/C17H30N4/c1-4-18-15(17-13-7-5-6-8-14(13)17)9-16-19-11-20-21(16)10-12(2)3/h11-15,17-18H,4-10H2,1-3H3. The lowest BCUT2D eigenvalue weighted by molar-refractivity contribution is 0.405. The molecule has 0 bridgehead atoms. The van der Waals surface area contributed by atoms with Crippen LogP contribution < -0.4 is 5.32 Å². The second-order valence-electron chi connectivity index (χ2n) is 7.31. The van der Waals surface area contributed by atoms with Crippen LogP contribution in [0.3, 0.4) is 0 Å². The lowest BCUT2D eigenvalue weighted by atomic mass is 10.0. The van der Waals surface area contributed by atoms with Gasteiger partial charge in [0.2, 0.25) is 0 Å². The number of rotatable bonds is 7. The van der Waals surface area contributed by atoms with Crippen molar-refractivity contribution in [3.63, 3.8) is 0 Å². The van der Waals surface area contributed by atoms with Gasteiger partial charge in [-0.15, -0.1) is 0 Å². The van der Waals surface area contributed by atoms with Gasteiger partial charge in [0.25, 0.3) is 0 Å². The molecule has 21 heavy (non-hydrogen) atoms. The first-order valence-corrected chi connectivity index (χ1v) is 8.80. The molecule has 0 amide bonds. The van der Waals surface area contributed by atoms with Crippen molar-refractivity contribution in [1.29, 1.82) is 0 Å². The third-order valence-corrected chi connectivity index (χ3v) is 5.29. The second-order valence-corrected chi connectivity index (χ2v) is 7.31. The molecule has 3 rings (SSSR count). The molecule has 1 heterocycles. The van der Waals surface area contributed by atoms with Gasteiger partial charge in [-0.3, -0.25) is 0 Å². The number of likely N-dealkylation sites (N-methyl/N-ethyl adjacent to an activating group) is 1. The van der Waals surface area contributed by atoms with E-state index in [0.717, 1.165) is 37.3 Å². The summed E-state index contributed by atoms with van der Waals surface area (Å²) in [6.07, 6.45) is 8.56. The molecular formula is C17H30N4. The summed E-state index contributed by atoms with van der Waals surface area (Å²) in [7, 11) is 0. The highest BCUT2D eigenvalue weighted by Gasteiger charge is 2.53. The van der Waals surface area contributed by atoms with Crippen molar-refractivity contribution in [1.82, 2.24) is 20.1 Å². The van der Waals surface area contributed by atoms with Crippen LogP contribution in [-0.4, -0.2) is 27.4 Å². The Morgan fingerprint density at radius 1 is 1.29 bits per heavy atom. The van der Waals surface area contributed by atoms with Gasteiger partial charge in [-0.25, -0.2) is 9.67 Å². The number of aromatic nitrogens is 3. The predicted molar refractivity (Wildman–Crippen MR) is 85.0 cm³/mol. The van der Waals surface area contributed by atoms with Crippen LogP contribution in [0.1, 0.15) is 52.3 Å². The van der Waals surface area contributed by atoms with Crippen LogP contribution in [0.5, 0.6) is 0 Å². The molecule has 118 valence electrons. The van der Waals surface area contributed by atoms with Crippen molar-refractivity contribution in [3.8, 4) is 0 Å². The van der Waals surface area contributed by atoms with Crippen molar-refractivity contribution in [2.75, 3.05) is 6.54 Å². The maximum absolute atomic E-state index is 4.53. The fourth-order valence-electron chi connectivity index (χ4n) is 4.39. The molecule has 1 N–H and O–H groups in total. The molecule has 0 aromatic carbocycles. The fraction of sp³-hybridized carbons (Fsp3) is 0.882. The Morgan fingerprint density at radius 2 is 2.00 bits per heavy atom. The molecule has 1 aromatic heterocycles. The zero-order valence-corrected chi connectivity index (χ0v) is 13.8. The average molecular weight is 290 g/mol. The smallest absolute Gasteiger partial charge is 0.138 e. The van der Waals surface area contributed by atoms with E-state index >= 15 is 0 Å². The van der Waals surface area contributed by atoms with Gasteiger partial charge in [-0.2, -0.15) is 5.10 Å². The second kappa shape index (κ2) is 6.47. The first-order chi connectivity index (χ1) is 10.2. The monoisotopic (exact) mass is 290 g/mol. The van der Waals surface area contributed by atoms with E-state index in [1.54, 1.807) is 6.33 Å². The molecule has 1 aromatic rings. The molecule has 2 fully saturated rings. The lowest BCUT2D eigenvalue weighted by Crippen LogP contribution is -2.35. The molecule has 4 nitrogen and oxygen atoms in total. The van der Waals surface area contributed by atoms with E-state index in [4.69, 9.17) is 0 Å². The summed E-state index contributed by atoms with van der Waals surface area (Å²) in [4.78, 5) is 4.53. The SMILES string of the molecule is CCNC(Cc1ncnn1CC(C)C)C1C2CCCCC21. The Hall–Kier alpha value is -0.900. The largest absolute Gasteiger partial charge is 0.314 e. The fourth-order valence-corrected chi connectivity index (χ4v) is 4.39. The van der Waals surface area contributed by atoms with Gasteiger partial charge < -0.3 is 5.32 Å². The average Bonchev–Trinajstić information content (AvgIpc) is 3.04. The minimum Gasteiger partial charge on any atom is -0.314 e. The molecule has 4 heteroatoms. The summed E-state index contributed by atoms with van der Waals surface area (Å²) in [5.74, 6) is 4.65. The van der Waals surface area contributed by atoms with Gasteiger partial charge >= 0.3 is 0 Å². The topological polar surface area (TPSA) is 42.7 Å². The van der Waals surface area contributed by atoms with Crippen LogP contribution in [0.4, 0.5) is 0 Å². The molecular weight excluding hydrogens is 260 g/mol. The van der Waals surface area contributed by atoms with Gasteiger partial charge in [-0.1, -0.05) is 33.6 Å². The summed E-state index contributed by atoms with van der Waals surface area (Å²) in [6, 6.07) is 0.596. The molecule has 0 saturated heterocycles. The molecule has 0 aliphatic heterocycles. The van der Waals surface area contributed by atoms with E-state index in [1.807, 2.05) is 0 Å². The van der Waals surface area contributed by atoms with Crippen molar-refractivity contribution >= 4 is 0 Å². The molecule has 3 unspecified atom stereocenters. The Labute approximate surface area is 128 Å².